The van der Waals surface area contributed by atoms with E-state index in [1.54, 1.807) is 0 Å². The molecule has 1 N–H and O–H groups in total. The van der Waals surface area contributed by atoms with E-state index in [-0.39, 0.29) is 0 Å². The van der Waals surface area contributed by atoms with E-state index in [1.165, 1.54) is 43.1 Å². The van der Waals surface area contributed by atoms with Crippen LogP contribution in [0, 0.1) is 12.8 Å². The Morgan fingerprint density at radius 3 is 2.81 bits per heavy atom. The molecule has 21 heavy (non-hydrogen) atoms. The Labute approximate surface area is 128 Å². The number of aryl methyl sites for hydroxylation is 1. The molecule has 0 saturated heterocycles. The fraction of sp³-hybridized carbons (Fsp3) is 0.526. The lowest BCUT2D eigenvalue weighted by Gasteiger charge is -2.30. The Kier molecular flexibility index (Phi) is 4.54. The normalized spacial score (nSPS) is 16.9. The molecule has 0 spiro atoms. The number of nitrogens with one attached hydrogen (secondary N) is 1. The summed E-state index contributed by atoms with van der Waals surface area (Å²) in [6.45, 7) is 5.39. The van der Waals surface area contributed by atoms with E-state index >= 15 is 0 Å². The van der Waals surface area contributed by atoms with Crippen molar-refractivity contribution in [1.29, 1.82) is 0 Å². The molecule has 1 heterocycles. The van der Waals surface area contributed by atoms with Crippen LogP contribution in [0.4, 0.5) is 0 Å². The van der Waals surface area contributed by atoms with Crippen LogP contribution in [0.1, 0.15) is 56.3 Å². The quantitative estimate of drug-likeness (QED) is 0.825. The number of hydrogen-bond acceptors (Lipinski definition) is 2. The predicted molar refractivity (Wildman–Crippen MR) is 89.5 cm³/mol. The maximum Gasteiger partial charge on any atom is 0.0705 e. The number of hydrogen-bond donors (Lipinski definition) is 1. The molecule has 1 saturated carbocycles. The SMILES string of the molecule is CCCNC(CC1CCC1)c1ccc2nc(C)ccc2c1. The molecule has 1 fully saturated rings. The van der Waals surface area contributed by atoms with Crippen molar-refractivity contribution in [2.45, 2.75) is 52.0 Å². The highest BCUT2D eigenvalue weighted by atomic mass is 14.9. The smallest absolute Gasteiger partial charge is 0.0705 e. The van der Waals surface area contributed by atoms with Crippen LogP contribution in [0.2, 0.25) is 0 Å². The second-order valence-electron chi connectivity index (χ2n) is 6.44. The van der Waals surface area contributed by atoms with Gasteiger partial charge in [-0.2, -0.15) is 0 Å². The fourth-order valence-corrected chi connectivity index (χ4v) is 3.18. The summed E-state index contributed by atoms with van der Waals surface area (Å²) in [5, 5.41) is 5.00. The van der Waals surface area contributed by atoms with Gasteiger partial charge in [0.2, 0.25) is 0 Å². The second kappa shape index (κ2) is 6.57. The van der Waals surface area contributed by atoms with Crippen LogP contribution < -0.4 is 5.32 Å². The summed E-state index contributed by atoms with van der Waals surface area (Å²) in [4.78, 5) is 4.61. The Bertz CT molecular complexity index is 602. The maximum atomic E-state index is 4.61. The van der Waals surface area contributed by atoms with Crippen LogP contribution in [0.15, 0.2) is 30.3 Å². The molecule has 2 aromatic rings. The highest BCUT2D eigenvalue weighted by Crippen LogP contribution is 2.35. The van der Waals surface area contributed by atoms with Gasteiger partial charge in [0.05, 0.1) is 5.52 Å². The second-order valence-corrected chi connectivity index (χ2v) is 6.44. The van der Waals surface area contributed by atoms with Crippen molar-refractivity contribution in [2.75, 3.05) is 6.54 Å². The van der Waals surface area contributed by atoms with Gasteiger partial charge < -0.3 is 5.32 Å². The van der Waals surface area contributed by atoms with E-state index in [0.29, 0.717) is 6.04 Å². The monoisotopic (exact) mass is 282 g/mol. The summed E-state index contributed by atoms with van der Waals surface area (Å²) in [5.41, 5.74) is 3.62. The Morgan fingerprint density at radius 1 is 1.24 bits per heavy atom. The first-order valence-corrected chi connectivity index (χ1v) is 8.37. The lowest BCUT2D eigenvalue weighted by molar-refractivity contribution is 0.261. The minimum absolute atomic E-state index is 0.501. The molecule has 1 aliphatic carbocycles. The minimum Gasteiger partial charge on any atom is -0.310 e. The van der Waals surface area contributed by atoms with Crippen molar-refractivity contribution in [3.05, 3.63) is 41.6 Å². The lowest BCUT2D eigenvalue weighted by atomic mass is 9.79. The van der Waals surface area contributed by atoms with Crippen LogP contribution in [-0.4, -0.2) is 11.5 Å². The Hall–Kier alpha value is -1.41. The number of benzene rings is 1. The molecule has 0 aliphatic heterocycles. The predicted octanol–water partition coefficient (Wildman–Crippen LogP) is 4.77. The fourth-order valence-electron chi connectivity index (χ4n) is 3.18. The van der Waals surface area contributed by atoms with Crippen molar-refractivity contribution < 1.29 is 0 Å². The van der Waals surface area contributed by atoms with Crippen LogP contribution in [0.25, 0.3) is 10.9 Å². The zero-order valence-corrected chi connectivity index (χ0v) is 13.2. The summed E-state index contributed by atoms with van der Waals surface area (Å²) >= 11 is 0. The molecule has 1 atom stereocenters. The third-order valence-electron chi connectivity index (χ3n) is 4.69. The third kappa shape index (κ3) is 3.44. The van der Waals surface area contributed by atoms with Crippen molar-refractivity contribution >= 4 is 10.9 Å². The molecule has 1 unspecified atom stereocenters. The Morgan fingerprint density at radius 2 is 2.10 bits per heavy atom. The maximum absolute atomic E-state index is 4.61. The number of nitrogens with zero attached hydrogens (tertiary/aromatic N) is 1. The summed E-state index contributed by atoms with van der Waals surface area (Å²) in [6.07, 6.45) is 6.73. The molecular weight excluding hydrogens is 256 g/mol. The van der Waals surface area contributed by atoms with E-state index in [9.17, 15) is 0 Å². The Balaban J connectivity index is 1.84. The van der Waals surface area contributed by atoms with Gasteiger partial charge in [0.25, 0.3) is 0 Å². The van der Waals surface area contributed by atoms with Crippen LogP contribution in [0.5, 0.6) is 0 Å². The lowest BCUT2D eigenvalue weighted by Crippen LogP contribution is -2.26. The van der Waals surface area contributed by atoms with E-state index in [2.05, 4.69) is 54.5 Å². The van der Waals surface area contributed by atoms with Crippen molar-refractivity contribution in [1.82, 2.24) is 10.3 Å². The minimum atomic E-state index is 0.501. The first kappa shape index (κ1) is 14.5. The van der Waals surface area contributed by atoms with Gasteiger partial charge >= 0.3 is 0 Å². The molecular formula is C19H26N2. The first-order chi connectivity index (χ1) is 10.3. The van der Waals surface area contributed by atoms with Crippen molar-refractivity contribution in [2.24, 2.45) is 5.92 Å². The highest BCUT2D eigenvalue weighted by Gasteiger charge is 2.22. The van der Waals surface area contributed by atoms with Crippen molar-refractivity contribution in [3.8, 4) is 0 Å². The van der Waals surface area contributed by atoms with Gasteiger partial charge in [-0.3, -0.25) is 4.98 Å². The van der Waals surface area contributed by atoms with E-state index in [1.807, 2.05) is 0 Å². The van der Waals surface area contributed by atoms with E-state index in [4.69, 9.17) is 0 Å². The van der Waals surface area contributed by atoms with Gasteiger partial charge in [-0.05, 0) is 56.0 Å². The molecule has 1 aromatic heterocycles. The van der Waals surface area contributed by atoms with Gasteiger partial charge in [-0.1, -0.05) is 38.3 Å². The summed E-state index contributed by atoms with van der Waals surface area (Å²) in [6, 6.07) is 11.6. The number of rotatable bonds is 6. The largest absolute Gasteiger partial charge is 0.310 e. The van der Waals surface area contributed by atoms with Gasteiger partial charge in [0.1, 0.15) is 0 Å². The van der Waals surface area contributed by atoms with Gasteiger partial charge in [-0.15, -0.1) is 0 Å². The van der Waals surface area contributed by atoms with E-state index in [0.717, 1.165) is 23.7 Å². The van der Waals surface area contributed by atoms with Crippen LogP contribution in [-0.2, 0) is 0 Å². The van der Waals surface area contributed by atoms with Crippen LogP contribution in [0.3, 0.4) is 0 Å². The van der Waals surface area contributed by atoms with Gasteiger partial charge in [0, 0.05) is 17.1 Å². The average Bonchev–Trinajstić information content (AvgIpc) is 2.45. The number of aromatic nitrogens is 1. The van der Waals surface area contributed by atoms with Gasteiger partial charge in [-0.25, -0.2) is 0 Å². The number of fused-ring (bicyclic) bond motifs is 1. The topological polar surface area (TPSA) is 24.9 Å². The number of pyridine rings is 1. The summed E-state index contributed by atoms with van der Waals surface area (Å²) < 4.78 is 0. The summed E-state index contributed by atoms with van der Waals surface area (Å²) in [5.74, 6) is 0.922. The van der Waals surface area contributed by atoms with Crippen LogP contribution >= 0.6 is 0 Å². The molecule has 0 bridgehead atoms. The molecule has 2 heteroatoms. The molecule has 1 aliphatic rings. The third-order valence-corrected chi connectivity index (χ3v) is 4.69. The van der Waals surface area contributed by atoms with E-state index < -0.39 is 0 Å². The molecule has 2 nitrogen and oxygen atoms in total. The standard InChI is InChI=1S/C19H26N2/c1-3-11-20-19(12-15-5-4-6-15)17-9-10-18-16(13-17)8-7-14(2)21-18/h7-10,13,15,19-20H,3-6,11-12H2,1-2H3. The summed E-state index contributed by atoms with van der Waals surface area (Å²) in [7, 11) is 0. The first-order valence-electron chi connectivity index (χ1n) is 8.37. The average molecular weight is 282 g/mol. The molecule has 1 aromatic carbocycles. The molecule has 3 rings (SSSR count). The van der Waals surface area contributed by atoms with Crippen molar-refractivity contribution in [3.63, 3.8) is 0 Å². The zero-order valence-electron chi connectivity index (χ0n) is 13.2. The zero-order chi connectivity index (χ0) is 14.7. The highest BCUT2D eigenvalue weighted by molar-refractivity contribution is 5.79. The molecule has 0 amide bonds. The van der Waals surface area contributed by atoms with Gasteiger partial charge in [0.15, 0.2) is 0 Å². The molecule has 112 valence electrons. The molecule has 0 radical (unpaired) electrons.